The van der Waals surface area contributed by atoms with Crippen molar-refractivity contribution in [3.8, 4) is 0 Å². The van der Waals surface area contributed by atoms with E-state index in [-0.39, 0.29) is 5.89 Å². The molecule has 7 heteroatoms. The largest absolute Gasteiger partial charge is 0.444 e. The van der Waals surface area contributed by atoms with Crippen molar-refractivity contribution in [2.24, 2.45) is 0 Å². The summed E-state index contributed by atoms with van der Waals surface area (Å²) in [4.78, 5) is 20.1. The normalized spacial score (nSPS) is 13.9. The number of hydrogen-bond donors (Lipinski definition) is 2. The second-order valence-electron chi connectivity index (χ2n) is 6.63. The molecule has 22 heavy (non-hydrogen) atoms. The molecule has 2 rings (SSSR count). The fraction of sp³-hybridized carbons (Fsp3) is 0.533. The molecule has 0 aromatic carbocycles. The molecule has 2 aromatic heterocycles. The van der Waals surface area contributed by atoms with Crippen LogP contribution >= 0.6 is 0 Å². The van der Waals surface area contributed by atoms with E-state index in [9.17, 15) is 9.90 Å². The zero-order valence-electron chi connectivity index (χ0n) is 13.4. The van der Waals surface area contributed by atoms with Crippen LogP contribution in [0.15, 0.2) is 22.7 Å². The molecule has 1 amide bonds. The van der Waals surface area contributed by atoms with Crippen LogP contribution in [0.3, 0.4) is 0 Å². The number of carbonyl (C=O) groups excluding carboxylic acids is 1. The van der Waals surface area contributed by atoms with Crippen molar-refractivity contribution in [2.45, 2.75) is 51.9 Å². The number of ether oxygens (including phenoxy) is 1. The number of rotatable bonds is 3. The van der Waals surface area contributed by atoms with Gasteiger partial charge in [-0.1, -0.05) is 0 Å². The van der Waals surface area contributed by atoms with Crippen LogP contribution in [0.1, 0.15) is 46.6 Å². The molecule has 7 nitrogen and oxygen atoms in total. The highest BCUT2D eigenvalue weighted by atomic mass is 16.6. The summed E-state index contributed by atoms with van der Waals surface area (Å²) in [5, 5.41) is 13.1. The molecule has 0 bridgehead atoms. The van der Waals surface area contributed by atoms with Crippen LogP contribution in [-0.2, 0) is 4.74 Å². The van der Waals surface area contributed by atoms with E-state index in [1.165, 1.54) is 0 Å². The number of fused-ring (bicyclic) bond motifs is 1. The summed E-state index contributed by atoms with van der Waals surface area (Å²) < 4.78 is 10.7. The molecular weight excluding hydrogens is 286 g/mol. The first-order valence-corrected chi connectivity index (χ1v) is 6.99. The predicted molar refractivity (Wildman–Crippen MR) is 80.2 cm³/mol. The van der Waals surface area contributed by atoms with Crippen LogP contribution in [0.4, 0.5) is 4.79 Å². The Morgan fingerprint density at radius 3 is 2.64 bits per heavy atom. The Balaban J connectivity index is 2.15. The minimum Gasteiger partial charge on any atom is -0.444 e. The molecule has 0 aliphatic rings. The number of oxazole rings is 1. The summed E-state index contributed by atoms with van der Waals surface area (Å²) in [7, 11) is 0. The zero-order valence-corrected chi connectivity index (χ0v) is 13.4. The smallest absolute Gasteiger partial charge is 0.408 e. The second kappa shape index (κ2) is 5.57. The quantitative estimate of drug-likeness (QED) is 0.904. The van der Waals surface area contributed by atoms with E-state index in [2.05, 4.69) is 15.3 Å². The molecule has 2 aromatic rings. The van der Waals surface area contributed by atoms with Crippen molar-refractivity contribution in [3.05, 3.63) is 24.2 Å². The number of alkyl carbamates (subject to hydrolysis) is 1. The number of pyridine rings is 1. The lowest BCUT2D eigenvalue weighted by atomic mass is 9.97. The SMILES string of the molecule is CC(C)(C)OC(=O)NC(C)(C)C(O)c1nc2ncccc2o1. The van der Waals surface area contributed by atoms with Gasteiger partial charge in [-0.3, -0.25) is 0 Å². The maximum atomic E-state index is 11.9. The van der Waals surface area contributed by atoms with Crippen molar-refractivity contribution in [1.82, 2.24) is 15.3 Å². The number of carbonyl (C=O) groups is 1. The van der Waals surface area contributed by atoms with E-state index in [0.717, 1.165) is 0 Å². The van der Waals surface area contributed by atoms with Gasteiger partial charge in [-0.2, -0.15) is 4.98 Å². The summed E-state index contributed by atoms with van der Waals surface area (Å²) in [5.74, 6) is 0.0924. The number of nitrogens with zero attached hydrogens (tertiary/aromatic N) is 2. The van der Waals surface area contributed by atoms with Gasteiger partial charge in [0.05, 0.1) is 5.54 Å². The second-order valence-corrected chi connectivity index (χ2v) is 6.63. The van der Waals surface area contributed by atoms with Gasteiger partial charge in [-0.05, 0) is 46.8 Å². The first-order valence-electron chi connectivity index (χ1n) is 6.99. The molecule has 0 saturated heterocycles. The molecule has 2 heterocycles. The van der Waals surface area contributed by atoms with Crippen molar-refractivity contribution >= 4 is 17.3 Å². The zero-order chi connectivity index (χ0) is 16.5. The third-order valence-electron chi connectivity index (χ3n) is 2.92. The first kappa shape index (κ1) is 16.2. The maximum Gasteiger partial charge on any atom is 0.408 e. The third kappa shape index (κ3) is 3.73. The van der Waals surface area contributed by atoms with E-state index in [1.54, 1.807) is 52.9 Å². The molecule has 0 saturated carbocycles. The molecule has 120 valence electrons. The lowest BCUT2D eigenvalue weighted by Gasteiger charge is -2.31. The highest BCUT2D eigenvalue weighted by Gasteiger charge is 2.36. The Kier molecular flexibility index (Phi) is 4.10. The fourth-order valence-corrected chi connectivity index (χ4v) is 1.85. The standard InChI is InChI=1S/C15H21N3O4/c1-14(2,3)22-13(20)18-15(4,5)10(19)12-17-11-9(21-12)7-6-8-16-11/h6-8,10,19H,1-5H3,(H,18,20). The van der Waals surface area contributed by atoms with Gasteiger partial charge in [0.1, 0.15) is 5.60 Å². The number of aliphatic hydroxyl groups excluding tert-OH is 1. The average molecular weight is 307 g/mol. The molecule has 1 unspecified atom stereocenters. The molecule has 0 fully saturated rings. The van der Waals surface area contributed by atoms with E-state index < -0.39 is 23.3 Å². The molecule has 2 N–H and O–H groups in total. The summed E-state index contributed by atoms with van der Waals surface area (Å²) in [6, 6.07) is 3.42. The molecular formula is C15H21N3O4. The third-order valence-corrected chi connectivity index (χ3v) is 2.92. The van der Waals surface area contributed by atoms with E-state index in [4.69, 9.17) is 9.15 Å². The summed E-state index contributed by atoms with van der Waals surface area (Å²) in [5.41, 5.74) is -0.759. The Hall–Kier alpha value is -2.15. The lowest BCUT2D eigenvalue weighted by molar-refractivity contribution is 0.0226. The molecule has 0 radical (unpaired) electrons. The van der Waals surface area contributed by atoms with Gasteiger partial charge >= 0.3 is 6.09 Å². The topological polar surface area (TPSA) is 97.5 Å². The molecule has 0 aliphatic carbocycles. The summed E-state index contributed by atoms with van der Waals surface area (Å²) >= 11 is 0. The van der Waals surface area contributed by atoms with Gasteiger partial charge in [0.15, 0.2) is 17.3 Å². The van der Waals surface area contributed by atoms with Crippen molar-refractivity contribution in [1.29, 1.82) is 0 Å². The highest BCUT2D eigenvalue weighted by Crippen LogP contribution is 2.27. The number of aromatic nitrogens is 2. The average Bonchev–Trinajstić information content (AvgIpc) is 2.77. The van der Waals surface area contributed by atoms with Crippen LogP contribution in [0.2, 0.25) is 0 Å². The highest BCUT2D eigenvalue weighted by molar-refractivity contribution is 5.69. The Morgan fingerprint density at radius 2 is 2.05 bits per heavy atom. The predicted octanol–water partition coefficient (Wildman–Crippen LogP) is 2.56. The van der Waals surface area contributed by atoms with E-state index in [0.29, 0.717) is 11.2 Å². The van der Waals surface area contributed by atoms with Gasteiger partial charge in [0.2, 0.25) is 5.89 Å². The number of amides is 1. The van der Waals surface area contributed by atoms with E-state index >= 15 is 0 Å². The fourth-order valence-electron chi connectivity index (χ4n) is 1.85. The first-order chi connectivity index (χ1) is 10.1. The minimum absolute atomic E-state index is 0.0924. The van der Waals surface area contributed by atoms with Gasteiger partial charge in [-0.15, -0.1) is 0 Å². The number of hydrogen-bond acceptors (Lipinski definition) is 6. The number of nitrogens with one attached hydrogen (secondary N) is 1. The Bertz CT molecular complexity index is 640. The van der Waals surface area contributed by atoms with Crippen LogP contribution < -0.4 is 5.32 Å². The minimum atomic E-state index is -1.14. The van der Waals surface area contributed by atoms with E-state index in [1.807, 2.05) is 0 Å². The number of aliphatic hydroxyl groups is 1. The molecule has 0 aliphatic heterocycles. The lowest BCUT2D eigenvalue weighted by Crippen LogP contribution is -2.49. The van der Waals surface area contributed by atoms with Crippen LogP contribution in [0.5, 0.6) is 0 Å². The van der Waals surface area contributed by atoms with Gasteiger partial charge in [0, 0.05) is 6.20 Å². The Labute approximate surface area is 128 Å². The van der Waals surface area contributed by atoms with Gasteiger partial charge in [-0.25, -0.2) is 9.78 Å². The molecule has 0 spiro atoms. The van der Waals surface area contributed by atoms with Crippen molar-refractivity contribution in [3.63, 3.8) is 0 Å². The Morgan fingerprint density at radius 1 is 1.36 bits per heavy atom. The summed E-state index contributed by atoms with van der Waals surface area (Å²) in [6.45, 7) is 8.61. The maximum absolute atomic E-state index is 11.9. The molecule has 1 atom stereocenters. The van der Waals surface area contributed by atoms with Gasteiger partial charge in [0.25, 0.3) is 0 Å². The van der Waals surface area contributed by atoms with Crippen molar-refractivity contribution in [2.75, 3.05) is 0 Å². The monoisotopic (exact) mass is 307 g/mol. The van der Waals surface area contributed by atoms with Gasteiger partial charge < -0.3 is 19.6 Å². The van der Waals surface area contributed by atoms with Crippen LogP contribution in [-0.4, -0.2) is 32.3 Å². The van der Waals surface area contributed by atoms with Crippen LogP contribution in [0.25, 0.3) is 11.2 Å². The van der Waals surface area contributed by atoms with Crippen LogP contribution in [0, 0.1) is 0 Å². The van der Waals surface area contributed by atoms with Crippen molar-refractivity contribution < 1.29 is 19.1 Å². The summed E-state index contributed by atoms with van der Waals surface area (Å²) in [6.07, 6.45) is -0.175.